The molecule has 6 rings (SSSR count). The van der Waals surface area contributed by atoms with Crippen molar-refractivity contribution in [2.45, 2.75) is 109 Å². The average molecular weight is 787 g/mol. The Kier molecular flexibility index (Phi) is 14.9. The van der Waals surface area contributed by atoms with E-state index in [1.807, 2.05) is 24.3 Å². The summed E-state index contributed by atoms with van der Waals surface area (Å²) in [6, 6.07) is 11.4. The van der Waals surface area contributed by atoms with Gasteiger partial charge in [0.1, 0.15) is 23.3 Å². The molecule has 0 spiro atoms. The molecular weight excluding hydrogens is 725 g/mol. The lowest BCUT2D eigenvalue weighted by Crippen LogP contribution is -2.69. The van der Waals surface area contributed by atoms with Crippen LogP contribution in [-0.4, -0.2) is 85.1 Å². The van der Waals surface area contributed by atoms with E-state index in [9.17, 15) is 15.0 Å². The van der Waals surface area contributed by atoms with E-state index in [4.69, 9.17) is 33.7 Å². The monoisotopic (exact) mass is 786 g/mol. The molecule has 2 N–H and O–H groups in total. The number of likely N-dealkylation sites (N-methyl/N-ethyl adjacent to an activating group) is 1. The molecule has 1 saturated carbocycles. The minimum atomic E-state index is -1.37. The summed E-state index contributed by atoms with van der Waals surface area (Å²) in [7, 11) is 1.73. The number of hydrogen-bond acceptors (Lipinski definition) is 10. The maximum atomic E-state index is 13.9. The quantitative estimate of drug-likeness (QED) is 0.0815. The second-order valence-electron chi connectivity index (χ2n) is 15.8. The van der Waals surface area contributed by atoms with Gasteiger partial charge in [-0.05, 0) is 118 Å². The molecule has 11 nitrogen and oxygen atoms in total. The highest BCUT2D eigenvalue weighted by atomic mass is 16.8. The van der Waals surface area contributed by atoms with Crippen LogP contribution in [0.4, 0.5) is 4.79 Å². The van der Waals surface area contributed by atoms with Crippen molar-refractivity contribution in [2.24, 2.45) is 22.9 Å². The van der Waals surface area contributed by atoms with Crippen LogP contribution in [0.15, 0.2) is 78.5 Å². The molecule has 7 unspecified atom stereocenters. The highest BCUT2D eigenvalue weighted by Gasteiger charge is 2.65. The molecule has 0 bridgehead atoms. The maximum absolute atomic E-state index is 13.9. The summed E-state index contributed by atoms with van der Waals surface area (Å²) in [5, 5.41) is 24.6. The molecule has 2 fully saturated rings. The first kappa shape index (κ1) is 42.4. The van der Waals surface area contributed by atoms with Crippen molar-refractivity contribution in [1.82, 2.24) is 4.90 Å². The average Bonchev–Trinajstić information content (AvgIpc) is 3.22. The number of hydrogen-bond donors (Lipinski definition) is 2. The summed E-state index contributed by atoms with van der Waals surface area (Å²) >= 11 is 0. The van der Waals surface area contributed by atoms with Crippen LogP contribution in [0.2, 0.25) is 0 Å². The standard InChI is InChI=1S/C46H62N2O9/c1-6-8-25-53-45(51)48(5)41-30-39(47-57-42-17-11-14-26-52-42)37-28-33(15-9-12-22-49)36(16-10-13-23-50)43-38-29-35(55-34-19-18-31(3)32(4)27-34)20-21-40(38)56-46(41,44(37)43)54-24-7-2/h6-7,18-21,27-29,33,36,41-44,49-50H,1-2,8-17,22-26,30H2,3-5H3. The Bertz CT molecular complexity index is 1750. The van der Waals surface area contributed by atoms with Gasteiger partial charge in [0.15, 0.2) is 0 Å². The molecule has 7 atom stereocenters. The maximum Gasteiger partial charge on any atom is 0.409 e. The summed E-state index contributed by atoms with van der Waals surface area (Å²) in [6.45, 7) is 13.1. The first-order valence-corrected chi connectivity index (χ1v) is 20.9. The predicted octanol–water partition coefficient (Wildman–Crippen LogP) is 8.90. The molecule has 2 aliphatic heterocycles. The molecule has 0 radical (unpaired) electrons. The van der Waals surface area contributed by atoms with E-state index < -0.39 is 30.1 Å². The SMILES string of the molecule is C=CCCOC(=O)N(C)C1CC(=NOC2CCCCO2)C2=CC(CCCCO)C(CCCCO)C3c4cc(Oc5ccc(C)c(C)c5)ccc4OC1(OCC=C)C23. The fraction of sp³-hybridized carbons (Fsp3) is 0.565. The van der Waals surface area contributed by atoms with Gasteiger partial charge in [-0.1, -0.05) is 42.3 Å². The number of carbonyl (C=O) groups excluding carboxylic acids is 1. The van der Waals surface area contributed by atoms with E-state index in [0.29, 0.717) is 43.1 Å². The van der Waals surface area contributed by atoms with Crippen LogP contribution in [0.1, 0.15) is 93.2 Å². The number of aliphatic hydroxyl groups excluding tert-OH is 2. The molecule has 1 amide bonds. The fourth-order valence-corrected chi connectivity index (χ4v) is 9.08. The Labute approximate surface area is 338 Å². The normalized spacial score (nSPS) is 27.0. The third-order valence-corrected chi connectivity index (χ3v) is 12.1. The molecule has 2 aliphatic carbocycles. The molecular formula is C46H62N2O9. The van der Waals surface area contributed by atoms with Gasteiger partial charge in [-0.3, -0.25) is 0 Å². The van der Waals surface area contributed by atoms with Crippen LogP contribution in [0, 0.1) is 31.6 Å². The number of rotatable bonds is 19. The molecule has 310 valence electrons. The molecule has 2 aromatic carbocycles. The van der Waals surface area contributed by atoms with E-state index in [0.717, 1.165) is 67.4 Å². The van der Waals surface area contributed by atoms with E-state index in [-0.39, 0.29) is 50.6 Å². The molecule has 2 aromatic rings. The number of fused-ring (bicyclic) bond motifs is 2. The predicted molar refractivity (Wildman–Crippen MR) is 220 cm³/mol. The van der Waals surface area contributed by atoms with Crippen LogP contribution in [0.25, 0.3) is 0 Å². The zero-order valence-electron chi connectivity index (χ0n) is 34.0. The Balaban J connectivity index is 1.54. The summed E-state index contributed by atoms with van der Waals surface area (Å²) in [5.41, 5.74) is 4.99. The van der Waals surface area contributed by atoms with Gasteiger partial charge >= 0.3 is 6.09 Å². The van der Waals surface area contributed by atoms with Crippen LogP contribution >= 0.6 is 0 Å². The van der Waals surface area contributed by atoms with E-state index in [1.165, 1.54) is 5.56 Å². The van der Waals surface area contributed by atoms with Gasteiger partial charge < -0.3 is 43.6 Å². The summed E-state index contributed by atoms with van der Waals surface area (Å²) < 4.78 is 32.4. The third kappa shape index (κ3) is 9.60. The number of aryl methyl sites for hydroxylation is 2. The van der Waals surface area contributed by atoms with E-state index >= 15 is 0 Å². The zero-order chi connectivity index (χ0) is 40.4. The lowest BCUT2D eigenvalue weighted by molar-refractivity contribution is -0.254. The molecule has 11 heteroatoms. The number of benzene rings is 2. The van der Waals surface area contributed by atoms with E-state index in [1.54, 1.807) is 24.1 Å². The second kappa shape index (κ2) is 20.0. The number of oxime groups is 1. The molecule has 4 aliphatic rings. The Morgan fingerprint density at radius 2 is 1.77 bits per heavy atom. The van der Waals surface area contributed by atoms with Crippen molar-refractivity contribution < 1.29 is 43.5 Å². The number of allylic oxidation sites excluding steroid dienone is 1. The van der Waals surface area contributed by atoms with Crippen molar-refractivity contribution in [2.75, 3.05) is 40.1 Å². The highest BCUT2D eigenvalue weighted by Crippen LogP contribution is 2.62. The number of unbranched alkanes of at least 4 members (excludes halogenated alkanes) is 2. The summed E-state index contributed by atoms with van der Waals surface area (Å²) in [6.07, 6.45) is 13.0. The van der Waals surface area contributed by atoms with Gasteiger partial charge in [0, 0.05) is 44.6 Å². The van der Waals surface area contributed by atoms with E-state index in [2.05, 4.69) is 45.2 Å². The first-order chi connectivity index (χ1) is 27.7. The largest absolute Gasteiger partial charge is 0.459 e. The smallest absolute Gasteiger partial charge is 0.409 e. The van der Waals surface area contributed by atoms with Crippen molar-refractivity contribution in [3.05, 3.63) is 90.0 Å². The van der Waals surface area contributed by atoms with Crippen molar-refractivity contribution in [1.29, 1.82) is 0 Å². The van der Waals surface area contributed by atoms with Crippen molar-refractivity contribution >= 4 is 11.8 Å². The van der Waals surface area contributed by atoms with Crippen LogP contribution in [0.5, 0.6) is 17.2 Å². The minimum absolute atomic E-state index is 0.0858. The number of ether oxygens (including phenoxy) is 5. The number of amides is 1. The van der Waals surface area contributed by atoms with Gasteiger partial charge in [-0.15, -0.1) is 13.2 Å². The topological polar surface area (TPSA) is 129 Å². The third-order valence-electron chi connectivity index (χ3n) is 12.1. The first-order valence-electron chi connectivity index (χ1n) is 20.9. The molecule has 1 saturated heterocycles. The Hall–Kier alpha value is -4.16. The van der Waals surface area contributed by atoms with Gasteiger partial charge in [-0.25, -0.2) is 4.79 Å². The van der Waals surface area contributed by atoms with Gasteiger partial charge in [0.05, 0.1) is 31.5 Å². The number of nitrogens with zero attached hydrogens (tertiary/aromatic N) is 2. The Morgan fingerprint density at radius 1 is 1.00 bits per heavy atom. The number of carbonyl (C=O) groups is 1. The zero-order valence-corrected chi connectivity index (χ0v) is 34.0. The molecule has 57 heavy (non-hydrogen) atoms. The molecule has 2 heterocycles. The highest BCUT2D eigenvalue weighted by molar-refractivity contribution is 6.02. The van der Waals surface area contributed by atoms with Crippen LogP contribution in [-0.2, 0) is 19.0 Å². The van der Waals surface area contributed by atoms with Crippen LogP contribution in [0.3, 0.4) is 0 Å². The minimum Gasteiger partial charge on any atom is -0.459 e. The van der Waals surface area contributed by atoms with Crippen molar-refractivity contribution in [3.8, 4) is 17.2 Å². The Morgan fingerprint density at radius 3 is 2.49 bits per heavy atom. The van der Waals surface area contributed by atoms with Gasteiger partial charge in [-0.2, -0.15) is 0 Å². The van der Waals surface area contributed by atoms with Gasteiger partial charge in [0.2, 0.25) is 12.1 Å². The van der Waals surface area contributed by atoms with Crippen LogP contribution < -0.4 is 9.47 Å². The summed E-state index contributed by atoms with van der Waals surface area (Å²) in [4.78, 5) is 21.7. The summed E-state index contributed by atoms with van der Waals surface area (Å²) in [5.74, 6) is 0.290. The fourth-order valence-electron chi connectivity index (χ4n) is 9.08. The lowest BCUT2D eigenvalue weighted by atomic mass is 9.55. The lowest BCUT2D eigenvalue weighted by Gasteiger charge is -2.59. The van der Waals surface area contributed by atoms with Crippen molar-refractivity contribution in [3.63, 3.8) is 0 Å². The molecule has 0 aromatic heterocycles. The number of aliphatic hydroxyl groups is 2. The van der Waals surface area contributed by atoms with Gasteiger partial charge in [0.25, 0.3) is 0 Å². The second-order valence-corrected chi connectivity index (χ2v) is 15.8.